The van der Waals surface area contributed by atoms with E-state index >= 15 is 0 Å². The number of fused-ring (bicyclic) bond motifs is 5. The first-order valence-corrected chi connectivity index (χ1v) is 36.1. The maximum atomic E-state index is 11.4. The lowest BCUT2D eigenvalue weighted by Crippen LogP contribution is -2.64. The predicted molar refractivity (Wildman–Crippen MR) is 336 cm³/mol. The highest BCUT2D eigenvalue weighted by atomic mass is 16.8. The highest BCUT2D eigenvalue weighted by molar-refractivity contribution is 5.15. The molecular formula is C66H114O36. The topological polar surface area (TPSA) is 563 Å². The Morgan fingerprint density at radius 2 is 0.735 bits per heavy atom. The summed E-state index contributed by atoms with van der Waals surface area (Å²) in [6.45, 7) is 4.01. The van der Waals surface area contributed by atoms with Crippen LogP contribution in [-0.4, -0.2) is 389 Å². The van der Waals surface area contributed by atoms with Crippen molar-refractivity contribution in [1.29, 1.82) is 0 Å². The van der Waals surface area contributed by atoms with Gasteiger partial charge in [0.15, 0.2) is 37.7 Å². The summed E-state index contributed by atoms with van der Waals surface area (Å²) < 4.78 is 90.0. The summed E-state index contributed by atoms with van der Waals surface area (Å²) in [6, 6.07) is 0. The first-order chi connectivity index (χ1) is 48.6. The Morgan fingerprint density at radius 3 is 1.13 bits per heavy atom. The minimum atomic E-state index is -1.86. The second kappa shape index (κ2) is 36.2. The van der Waals surface area contributed by atoms with Crippen molar-refractivity contribution in [1.82, 2.24) is 0 Å². The smallest absolute Gasteiger partial charge is 0.187 e. The zero-order valence-corrected chi connectivity index (χ0v) is 57.9. The standard InChI is InChI=1S/C66H114O36/c1-5-6-26(2)29-7-8-30-40-31(19-39(66(29,30)4)90-13-16-93-61-55(87)49(81)58(38(25-72)99-61)102-64-52(84)46(78)43(75)35(22-69)96-64)65(3)10-9-28(88-11-14-91-59-53(85)47(79)56(36(23-70)97-59)100-62-50(82)44(76)41(73)33(20-67)94-62)17-27(65)18-32(40)89-12-15-92-60-54(86)48(80)57(37(24-71)98-60)101-63-51(83)45(77)42(74)34(21-68)95-63/h26-64,67-87H,5-25H2,1-4H3/t26-,27+,28-,29-,30+,31+,32-,33?,34?,35?,36?,37?,38?,39+,40+,41-,42+,43-,44+,45?,46+,47-,48?,49-,50?,51-,52?,53?,54-,55?,56-,57+,58-,59-,60+,61-,62-,63+,64-,65+,66-/m1/s1. The number of aliphatic hydroxyl groups is 21. The molecule has 0 aromatic carbocycles. The van der Waals surface area contributed by atoms with Crippen LogP contribution >= 0.6 is 0 Å². The van der Waals surface area contributed by atoms with Crippen LogP contribution in [0.15, 0.2) is 0 Å². The van der Waals surface area contributed by atoms with Gasteiger partial charge >= 0.3 is 0 Å². The highest BCUT2D eigenvalue weighted by Crippen LogP contribution is 2.69. The fourth-order valence-electron chi connectivity index (χ4n) is 18.5. The summed E-state index contributed by atoms with van der Waals surface area (Å²) in [6.07, 6.45) is -43.5. The van der Waals surface area contributed by atoms with E-state index in [1.54, 1.807) is 0 Å². The summed E-state index contributed by atoms with van der Waals surface area (Å²) >= 11 is 0. The lowest BCUT2D eigenvalue weighted by atomic mass is 9.43. The van der Waals surface area contributed by atoms with Crippen LogP contribution in [0.1, 0.15) is 85.5 Å². The van der Waals surface area contributed by atoms with Gasteiger partial charge in [0, 0.05) is 5.41 Å². The number of hydrogen-bond donors (Lipinski definition) is 21. The van der Waals surface area contributed by atoms with Gasteiger partial charge in [0.05, 0.1) is 97.6 Å². The molecule has 10 fully saturated rings. The Hall–Kier alpha value is -1.44. The monoisotopic (exact) mass is 1480 g/mol. The molecule has 0 aromatic rings. The Morgan fingerprint density at radius 1 is 0.373 bits per heavy atom. The van der Waals surface area contributed by atoms with E-state index in [4.69, 9.17) is 71.1 Å². The largest absolute Gasteiger partial charge is 0.394 e. The highest BCUT2D eigenvalue weighted by Gasteiger charge is 2.67. The molecule has 36 heteroatoms. The molecule has 0 radical (unpaired) electrons. The molecule has 10 aliphatic rings. The second-order valence-electron chi connectivity index (χ2n) is 29.9. The van der Waals surface area contributed by atoms with Crippen molar-refractivity contribution in [2.75, 3.05) is 79.3 Å². The SMILES string of the molecule is CCC[C@@H](C)[C@H]1CC[C@H]2[C@@H]3[C@H](OCCO[C@H]4OC(CO)[C@H](O[C@@H]5OC(CO)[C@H](O)C(O)[C@H]5O)C(O)[C@H]4O)C[C@@H]4C[C@H](OCCO[C@@H]5OC(CO)[C@@H](O[C@H]6OC(CO)[C@@H](O)[C@H](O)C6O)[C@H](O)C5O)CC[C@]4(C)[C@H]3C[C@H](OCCO[C@@H]3OC(CO)[C@@H](O[C@H]4OC(CO)[C@@H](O)[C@H](O)C4O)[C@H](O)C3O)[C@]12C. The van der Waals surface area contributed by atoms with Crippen molar-refractivity contribution in [2.45, 2.75) is 288 Å². The second-order valence-corrected chi connectivity index (χ2v) is 29.9. The molecule has 0 aromatic heterocycles. The maximum absolute atomic E-state index is 11.4. The van der Waals surface area contributed by atoms with Gasteiger partial charge in [-0.05, 0) is 85.9 Å². The minimum absolute atomic E-state index is 0.00499. The van der Waals surface area contributed by atoms with Gasteiger partial charge in [-0.15, -0.1) is 0 Å². The van der Waals surface area contributed by atoms with Crippen LogP contribution in [0.5, 0.6) is 0 Å². The van der Waals surface area contributed by atoms with Gasteiger partial charge in [-0.25, -0.2) is 0 Å². The molecule has 4 saturated carbocycles. The van der Waals surface area contributed by atoms with E-state index in [0.29, 0.717) is 25.7 Å². The Labute approximate surface area is 590 Å². The molecule has 10 rings (SSSR count). The molecule has 6 heterocycles. The van der Waals surface area contributed by atoms with E-state index < -0.39 is 229 Å². The van der Waals surface area contributed by atoms with Gasteiger partial charge < -0.3 is 178 Å². The summed E-state index contributed by atoms with van der Waals surface area (Å²) in [5.41, 5.74) is -0.753. The van der Waals surface area contributed by atoms with Crippen molar-refractivity contribution < 1.29 is 178 Å². The lowest BCUT2D eigenvalue weighted by Gasteiger charge is -2.64. The molecule has 12 unspecified atom stereocenters. The van der Waals surface area contributed by atoms with Crippen LogP contribution in [-0.2, 0) is 71.1 Å². The molecule has 41 atom stereocenters. The molecule has 0 bridgehead atoms. The van der Waals surface area contributed by atoms with Crippen LogP contribution in [0.2, 0.25) is 0 Å². The van der Waals surface area contributed by atoms with Gasteiger partial charge in [-0.1, -0.05) is 40.5 Å². The average molecular weight is 1480 g/mol. The quantitative estimate of drug-likeness (QED) is 0.0297. The molecular weight excluding hydrogens is 1370 g/mol. The fourth-order valence-corrected chi connectivity index (χ4v) is 18.5. The summed E-state index contributed by atoms with van der Waals surface area (Å²) in [5.74, 6) is 0.465. The van der Waals surface area contributed by atoms with Crippen LogP contribution in [0, 0.1) is 46.3 Å². The van der Waals surface area contributed by atoms with Gasteiger partial charge in [-0.2, -0.15) is 0 Å². The van der Waals surface area contributed by atoms with Crippen molar-refractivity contribution >= 4 is 0 Å². The summed E-state index contributed by atoms with van der Waals surface area (Å²) in [5, 5.41) is 222. The van der Waals surface area contributed by atoms with Crippen LogP contribution in [0.4, 0.5) is 0 Å². The molecule has 0 spiro atoms. The summed E-state index contributed by atoms with van der Waals surface area (Å²) in [7, 11) is 0. The van der Waals surface area contributed by atoms with E-state index in [1.807, 2.05) is 0 Å². The van der Waals surface area contributed by atoms with Crippen molar-refractivity contribution in [3.63, 3.8) is 0 Å². The van der Waals surface area contributed by atoms with Crippen LogP contribution < -0.4 is 0 Å². The third-order valence-electron chi connectivity index (χ3n) is 24.2. The van der Waals surface area contributed by atoms with E-state index in [1.165, 1.54) is 0 Å². The number of rotatable bonds is 30. The molecule has 6 saturated heterocycles. The molecule has 36 nitrogen and oxygen atoms in total. The molecule has 594 valence electrons. The van der Waals surface area contributed by atoms with E-state index in [-0.39, 0.29) is 98.9 Å². The molecule has 102 heavy (non-hydrogen) atoms. The van der Waals surface area contributed by atoms with Gasteiger partial charge in [0.2, 0.25) is 0 Å². The Bertz CT molecular complexity index is 2510. The maximum Gasteiger partial charge on any atom is 0.187 e. The zero-order valence-electron chi connectivity index (χ0n) is 57.9. The first-order valence-electron chi connectivity index (χ1n) is 36.1. The molecule has 21 N–H and O–H groups in total. The third kappa shape index (κ3) is 16.9. The Kier molecular flexibility index (Phi) is 29.4. The fraction of sp³-hybridized carbons (Fsp3) is 1.00. The van der Waals surface area contributed by atoms with Gasteiger partial charge in [0.25, 0.3) is 0 Å². The number of ether oxygens (including phenoxy) is 15. The minimum Gasteiger partial charge on any atom is -0.394 e. The normalized spacial score (nSPS) is 51.0. The lowest BCUT2D eigenvalue weighted by molar-refractivity contribution is -0.360. The number of aliphatic hydroxyl groups excluding tert-OH is 21. The average Bonchev–Trinajstić information content (AvgIpc) is 1.40. The van der Waals surface area contributed by atoms with Gasteiger partial charge in [0.1, 0.15) is 146 Å². The third-order valence-corrected chi connectivity index (χ3v) is 24.2. The first kappa shape index (κ1) is 83.0. The summed E-state index contributed by atoms with van der Waals surface area (Å²) in [4.78, 5) is 0. The Balaban J connectivity index is 0.821. The van der Waals surface area contributed by atoms with Crippen LogP contribution in [0.3, 0.4) is 0 Å². The molecule has 6 aliphatic heterocycles. The van der Waals surface area contributed by atoms with E-state index in [2.05, 4.69) is 27.7 Å². The van der Waals surface area contributed by atoms with Crippen LogP contribution in [0.25, 0.3) is 0 Å². The van der Waals surface area contributed by atoms with Crippen molar-refractivity contribution in [2.24, 2.45) is 46.3 Å². The molecule has 0 amide bonds. The van der Waals surface area contributed by atoms with Gasteiger partial charge in [-0.3, -0.25) is 0 Å². The molecule has 4 aliphatic carbocycles. The zero-order chi connectivity index (χ0) is 74.0. The predicted octanol–water partition coefficient (Wildman–Crippen LogP) is -8.62. The van der Waals surface area contributed by atoms with Crippen molar-refractivity contribution in [3.05, 3.63) is 0 Å². The van der Waals surface area contributed by atoms with Crippen molar-refractivity contribution in [3.8, 4) is 0 Å². The number of hydrogen-bond acceptors (Lipinski definition) is 36. The van der Waals surface area contributed by atoms with E-state index in [0.717, 1.165) is 32.1 Å². The van der Waals surface area contributed by atoms with E-state index in [9.17, 15) is 107 Å².